The lowest BCUT2D eigenvalue weighted by atomic mass is 9.94. The van der Waals surface area contributed by atoms with Gasteiger partial charge in [0, 0.05) is 33.5 Å². The first-order chi connectivity index (χ1) is 30.3. The molecule has 0 aliphatic carbocycles. The number of fused-ring (bicyclic) bond motifs is 5. The van der Waals surface area contributed by atoms with Crippen molar-refractivity contribution in [1.29, 1.82) is 0 Å². The van der Waals surface area contributed by atoms with Crippen LogP contribution in [0.4, 0.5) is 34.1 Å². The fourth-order valence-corrected chi connectivity index (χ4v) is 8.78. The summed E-state index contributed by atoms with van der Waals surface area (Å²) in [6.45, 7) is 0. The maximum atomic E-state index is 7.24. The Morgan fingerprint density at radius 1 is 0.262 bits per heavy atom. The van der Waals surface area contributed by atoms with Crippen molar-refractivity contribution < 1.29 is 4.42 Å². The molecule has 1 heterocycles. The van der Waals surface area contributed by atoms with Crippen LogP contribution in [0.5, 0.6) is 0 Å². The lowest BCUT2D eigenvalue weighted by Crippen LogP contribution is -2.13. The first kappa shape index (κ1) is 36.0. The Hall–Kier alpha value is -8.14. The molecule has 0 amide bonds. The third-order valence-electron chi connectivity index (χ3n) is 11.7. The summed E-state index contributed by atoms with van der Waals surface area (Å²) in [7, 11) is 0. The van der Waals surface area contributed by atoms with E-state index in [2.05, 4.69) is 252 Å². The van der Waals surface area contributed by atoms with Crippen LogP contribution in [0.15, 0.2) is 247 Å². The van der Waals surface area contributed by atoms with Crippen LogP contribution < -0.4 is 9.80 Å². The molecule has 10 aromatic carbocycles. The standard InChI is InChI=1S/C58H40N2O/c1-5-17-41(18-6-1)42-29-34-49(35-30-42)60(47-24-11-4-12-25-47)55-40-39-54(56-53-38-33-44-21-13-14-28-52(44)57(53)61-58(55)56)59(46-22-9-3-10-23-46)48-36-31-45(32-37-48)51-27-16-15-26-50(51)43-19-7-2-8-20-43/h1-40H. The summed E-state index contributed by atoms with van der Waals surface area (Å²) in [4.78, 5) is 4.68. The van der Waals surface area contributed by atoms with Gasteiger partial charge < -0.3 is 14.2 Å². The van der Waals surface area contributed by atoms with E-state index in [-0.39, 0.29) is 0 Å². The molecule has 0 saturated heterocycles. The van der Waals surface area contributed by atoms with Crippen LogP contribution in [0.2, 0.25) is 0 Å². The van der Waals surface area contributed by atoms with Crippen molar-refractivity contribution in [3.05, 3.63) is 243 Å². The average molecular weight is 781 g/mol. The molecule has 0 aliphatic heterocycles. The van der Waals surface area contributed by atoms with Gasteiger partial charge in [0.25, 0.3) is 0 Å². The fourth-order valence-electron chi connectivity index (χ4n) is 8.78. The summed E-state index contributed by atoms with van der Waals surface area (Å²) >= 11 is 0. The lowest BCUT2D eigenvalue weighted by Gasteiger charge is -2.29. The van der Waals surface area contributed by atoms with E-state index in [0.29, 0.717) is 0 Å². The fraction of sp³-hybridized carbons (Fsp3) is 0. The molecule has 61 heavy (non-hydrogen) atoms. The average Bonchev–Trinajstić information content (AvgIpc) is 3.75. The Morgan fingerprint density at radius 3 is 1.30 bits per heavy atom. The zero-order chi connectivity index (χ0) is 40.5. The lowest BCUT2D eigenvalue weighted by molar-refractivity contribution is 0.673. The van der Waals surface area contributed by atoms with Gasteiger partial charge in [-0.15, -0.1) is 0 Å². The van der Waals surface area contributed by atoms with Crippen LogP contribution >= 0.6 is 0 Å². The number of rotatable bonds is 9. The molecule has 0 fully saturated rings. The van der Waals surface area contributed by atoms with E-state index in [0.717, 1.165) is 72.4 Å². The van der Waals surface area contributed by atoms with Crippen LogP contribution in [-0.2, 0) is 0 Å². The molecule has 288 valence electrons. The van der Waals surface area contributed by atoms with E-state index >= 15 is 0 Å². The van der Waals surface area contributed by atoms with E-state index < -0.39 is 0 Å². The minimum absolute atomic E-state index is 0.814. The molecule has 0 saturated carbocycles. The van der Waals surface area contributed by atoms with E-state index in [1.165, 1.54) is 27.8 Å². The van der Waals surface area contributed by atoms with Crippen LogP contribution in [0.3, 0.4) is 0 Å². The van der Waals surface area contributed by atoms with E-state index in [1.807, 2.05) is 0 Å². The van der Waals surface area contributed by atoms with Gasteiger partial charge in [0.05, 0.1) is 16.8 Å². The van der Waals surface area contributed by atoms with Crippen molar-refractivity contribution in [2.45, 2.75) is 0 Å². The van der Waals surface area contributed by atoms with Crippen LogP contribution in [-0.4, -0.2) is 0 Å². The summed E-state index contributed by atoms with van der Waals surface area (Å²) in [6.07, 6.45) is 0. The molecular weight excluding hydrogens is 741 g/mol. The first-order valence-corrected chi connectivity index (χ1v) is 20.8. The Balaban J connectivity index is 1.13. The number of anilines is 6. The number of nitrogens with zero attached hydrogens (tertiary/aromatic N) is 2. The van der Waals surface area contributed by atoms with Crippen molar-refractivity contribution in [1.82, 2.24) is 0 Å². The number of hydrogen-bond acceptors (Lipinski definition) is 3. The number of para-hydroxylation sites is 2. The van der Waals surface area contributed by atoms with Crippen molar-refractivity contribution in [2.24, 2.45) is 0 Å². The zero-order valence-electron chi connectivity index (χ0n) is 33.4. The second-order valence-electron chi connectivity index (χ2n) is 15.3. The first-order valence-electron chi connectivity index (χ1n) is 20.8. The van der Waals surface area contributed by atoms with Gasteiger partial charge in [-0.2, -0.15) is 0 Å². The molecule has 0 radical (unpaired) electrons. The highest BCUT2D eigenvalue weighted by atomic mass is 16.3. The molecule has 3 heteroatoms. The summed E-state index contributed by atoms with van der Waals surface area (Å²) in [5.74, 6) is 0. The Morgan fingerprint density at radius 2 is 0.689 bits per heavy atom. The van der Waals surface area contributed by atoms with E-state index in [4.69, 9.17) is 4.42 Å². The molecule has 0 atom stereocenters. The topological polar surface area (TPSA) is 19.6 Å². The molecule has 0 N–H and O–H groups in total. The predicted octanol–water partition coefficient (Wildman–Crippen LogP) is 16.7. The minimum atomic E-state index is 0.814. The quantitative estimate of drug-likeness (QED) is 0.145. The Labute approximate surface area is 355 Å². The maximum Gasteiger partial charge on any atom is 0.161 e. The third kappa shape index (κ3) is 6.59. The number of furan rings is 1. The summed E-state index contributed by atoms with van der Waals surface area (Å²) in [5, 5.41) is 4.33. The molecule has 1 aromatic heterocycles. The molecular formula is C58H40N2O. The van der Waals surface area contributed by atoms with Gasteiger partial charge in [-0.05, 0) is 105 Å². The van der Waals surface area contributed by atoms with Gasteiger partial charge >= 0.3 is 0 Å². The van der Waals surface area contributed by atoms with Gasteiger partial charge in [-0.3, -0.25) is 0 Å². The van der Waals surface area contributed by atoms with E-state index in [9.17, 15) is 0 Å². The van der Waals surface area contributed by atoms with Gasteiger partial charge in [0.2, 0.25) is 0 Å². The normalized spacial score (nSPS) is 11.3. The van der Waals surface area contributed by atoms with E-state index in [1.54, 1.807) is 0 Å². The van der Waals surface area contributed by atoms with Gasteiger partial charge in [-0.1, -0.05) is 176 Å². The smallest absolute Gasteiger partial charge is 0.161 e. The van der Waals surface area contributed by atoms with Crippen molar-refractivity contribution in [2.75, 3.05) is 9.80 Å². The summed E-state index contributed by atoms with van der Waals surface area (Å²) < 4.78 is 7.24. The second-order valence-corrected chi connectivity index (χ2v) is 15.3. The molecule has 3 nitrogen and oxygen atoms in total. The highest BCUT2D eigenvalue weighted by molar-refractivity contribution is 6.22. The summed E-state index contributed by atoms with van der Waals surface area (Å²) in [6, 6.07) is 86.3. The SMILES string of the molecule is c1ccc(-c2ccc(N(c3ccccc3)c3ccc(N(c4ccccc4)c4ccc(-c5ccccc5-c5ccccc5)cc4)c4c3oc3c5ccccc5ccc34)cc2)cc1. The van der Waals surface area contributed by atoms with Crippen LogP contribution in [0.25, 0.3) is 66.1 Å². The zero-order valence-corrected chi connectivity index (χ0v) is 33.4. The number of benzene rings is 10. The van der Waals surface area contributed by atoms with Crippen molar-refractivity contribution in [3.8, 4) is 33.4 Å². The molecule has 0 aliphatic rings. The number of hydrogen-bond donors (Lipinski definition) is 0. The molecule has 0 bridgehead atoms. The molecule has 0 unspecified atom stereocenters. The molecule has 11 aromatic rings. The maximum absolute atomic E-state index is 7.24. The monoisotopic (exact) mass is 780 g/mol. The second kappa shape index (κ2) is 15.6. The van der Waals surface area contributed by atoms with Crippen molar-refractivity contribution in [3.63, 3.8) is 0 Å². The van der Waals surface area contributed by atoms with Gasteiger partial charge in [0.1, 0.15) is 5.58 Å². The highest BCUT2D eigenvalue weighted by Gasteiger charge is 2.26. The van der Waals surface area contributed by atoms with Crippen molar-refractivity contribution >= 4 is 66.8 Å². The predicted molar refractivity (Wildman–Crippen MR) is 257 cm³/mol. The highest BCUT2D eigenvalue weighted by Crippen LogP contribution is 2.50. The minimum Gasteiger partial charge on any atom is -0.453 e. The Bertz CT molecular complexity index is 3270. The van der Waals surface area contributed by atoms with Gasteiger partial charge in [0.15, 0.2) is 5.58 Å². The molecule has 0 spiro atoms. The third-order valence-corrected chi connectivity index (χ3v) is 11.7. The Kier molecular flexibility index (Phi) is 9.18. The summed E-state index contributed by atoms with van der Waals surface area (Å²) in [5.41, 5.74) is 15.0. The van der Waals surface area contributed by atoms with Crippen LogP contribution in [0, 0.1) is 0 Å². The molecule has 11 rings (SSSR count). The van der Waals surface area contributed by atoms with Gasteiger partial charge in [-0.25, -0.2) is 0 Å². The largest absolute Gasteiger partial charge is 0.453 e. The van der Waals surface area contributed by atoms with Crippen LogP contribution in [0.1, 0.15) is 0 Å².